The van der Waals surface area contributed by atoms with Crippen molar-refractivity contribution in [1.82, 2.24) is 5.32 Å². The first-order chi connectivity index (χ1) is 8.85. The highest BCUT2D eigenvalue weighted by atomic mass is 14.9. The lowest BCUT2D eigenvalue weighted by Gasteiger charge is -2.25. The number of nitrogens with two attached hydrogens (primary N) is 1. The van der Waals surface area contributed by atoms with Crippen molar-refractivity contribution in [2.45, 2.75) is 73.1 Å². The molecule has 0 aromatic heterocycles. The summed E-state index contributed by atoms with van der Waals surface area (Å²) in [5, 5.41) is 3.58. The Hall–Kier alpha value is -0.0800. The maximum Gasteiger partial charge on any atom is -0.000826 e. The van der Waals surface area contributed by atoms with Crippen LogP contribution in [-0.4, -0.2) is 19.6 Å². The number of nitrogens with one attached hydrogen (secondary N) is 1. The van der Waals surface area contributed by atoms with Crippen LogP contribution in [0.2, 0.25) is 0 Å². The molecule has 3 N–H and O–H groups in total. The molecular weight excluding hydrogens is 232 g/mol. The molecule has 19 heavy (non-hydrogen) atoms. The maximum absolute atomic E-state index is 5.85. The molecule has 0 aromatic carbocycles. The number of unbranched alkanes of at least 4 members (excludes halogenated alkanes) is 3. The highest BCUT2D eigenvalue weighted by Gasteiger charge is 2.17. The third-order valence-electron chi connectivity index (χ3n) is 3.55. The summed E-state index contributed by atoms with van der Waals surface area (Å²) in [6, 6.07) is 0. The van der Waals surface area contributed by atoms with Crippen LogP contribution in [0.5, 0.6) is 0 Å². The molecule has 1 atom stereocenters. The van der Waals surface area contributed by atoms with E-state index >= 15 is 0 Å². The van der Waals surface area contributed by atoms with Crippen LogP contribution in [-0.2, 0) is 0 Å². The standard InChI is InChI=1S/C17H38N2/c1-15(2)10-8-6-7-9-11-19-14-16(13-18)12-17(3,4)5/h15-16,19H,6-14,18H2,1-5H3. The van der Waals surface area contributed by atoms with E-state index in [-0.39, 0.29) is 0 Å². The van der Waals surface area contributed by atoms with E-state index < -0.39 is 0 Å². The Morgan fingerprint density at radius 1 is 1.00 bits per heavy atom. The van der Waals surface area contributed by atoms with Gasteiger partial charge in [0.15, 0.2) is 0 Å². The van der Waals surface area contributed by atoms with E-state index in [1.165, 1.54) is 38.5 Å². The van der Waals surface area contributed by atoms with Gasteiger partial charge < -0.3 is 11.1 Å². The van der Waals surface area contributed by atoms with Crippen molar-refractivity contribution in [2.24, 2.45) is 23.0 Å². The molecule has 0 rings (SSSR count). The molecule has 0 bridgehead atoms. The summed E-state index contributed by atoms with van der Waals surface area (Å²) in [6.07, 6.45) is 8.06. The van der Waals surface area contributed by atoms with Gasteiger partial charge in [0.25, 0.3) is 0 Å². The molecule has 0 aliphatic rings. The SMILES string of the molecule is CC(C)CCCCCCNCC(CN)CC(C)(C)C. The lowest BCUT2D eigenvalue weighted by molar-refractivity contribution is 0.289. The van der Waals surface area contributed by atoms with Gasteiger partial charge in [-0.15, -0.1) is 0 Å². The van der Waals surface area contributed by atoms with Crippen LogP contribution in [0.4, 0.5) is 0 Å². The van der Waals surface area contributed by atoms with Gasteiger partial charge in [0.1, 0.15) is 0 Å². The van der Waals surface area contributed by atoms with Crippen molar-refractivity contribution in [3.05, 3.63) is 0 Å². The van der Waals surface area contributed by atoms with E-state index in [0.717, 1.165) is 25.6 Å². The van der Waals surface area contributed by atoms with Gasteiger partial charge in [0, 0.05) is 0 Å². The Labute approximate surface area is 121 Å². The van der Waals surface area contributed by atoms with Crippen LogP contribution in [0.25, 0.3) is 0 Å². The van der Waals surface area contributed by atoms with E-state index in [0.29, 0.717) is 11.3 Å². The number of hydrogen-bond acceptors (Lipinski definition) is 2. The van der Waals surface area contributed by atoms with Crippen molar-refractivity contribution < 1.29 is 0 Å². The minimum absolute atomic E-state index is 0.391. The molecule has 0 aliphatic carbocycles. The second-order valence-electron chi connectivity index (χ2n) is 7.67. The van der Waals surface area contributed by atoms with E-state index in [1.54, 1.807) is 0 Å². The lowest BCUT2D eigenvalue weighted by Crippen LogP contribution is -2.31. The summed E-state index contributed by atoms with van der Waals surface area (Å²) >= 11 is 0. The first kappa shape index (κ1) is 18.9. The summed E-state index contributed by atoms with van der Waals surface area (Å²) < 4.78 is 0. The van der Waals surface area contributed by atoms with E-state index in [1.807, 2.05) is 0 Å². The fourth-order valence-corrected chi connectivity index (χ4v) is 2.57. The third-order valence-corrected chi connectivity index (χ3v) is 3.55. The van der Waals surface area contributed by atoms with Crippen LogP contribution in [0.15, 0.2) is 0 Å². The van der Waals surface area contributed by atoms with Gasteiger partial charge in [-0.2, -0.15) is 0 Å². The molecule has 0 fully saturated rings. The van der Waals surface area contributed by atoms with E-state index in [2.05, 4.69) is 39.9 Å². The van der Waals surface area contributed by atoms with E-state index in [9.17, 15) is 0 Å². The number of rotatable bonds is 11. The zero-order valence-corrected chi connectivity index (χ0v) is 14.1. The Morgan fingerprint density at radius 3 is 2.16 bits per heavy atom. The predicted octanol–water partition coefficient (Wildman–Crippen LogP) is 4.19. The van der Waals surface area contributed by atoms with Gasteiger partial charge in [-0.05, 0) is 49.7 Å². The maximum atomic E-state index is 5.85. The van der Waals surface area contributed by atoms with Crippen molar-refractivity contribution in [3.63, 3.8) is 0 Å². The zero-order valence-electron chi connectivity index (χ0n) is 14.1. The van der Waals surface area contributed by atoms with Gasteiger partial charge in [0.2, 0.25) is 0 Å². The summed E-state index contributed by atoms with van der Waals surface area (Å²) in [7, 11) is 0. The second-order valence-corrected chi connectivity index (χ2v) is 7.67. The highest BCUT2D eigenvalue weighted by Crippen LogP contribution is 2.23. The Bertz CT molecular complexity index is 194. The monoisotopic (exact) mass is 270 g/mol. The molecule has 2 nitrogen and oxygen atoms in total. The van der Waals surface area contributed by atoms with Gasteiger partial charge in [0.05, 0.1) is 0 Å². The summed E-state index contributed by atoms with van der Waals surface area (Å²) in [5.41, 5.74) is 6.24. The molecule has 1 unspecified atom stereocenters. The molecule has 0 heterocycles. The quantitative estimate of drug-likeness (QED) is 0.552. The average Bonchev–Trinajstić information content (AvgIpc) is 2.29. The third kappa shape index (κ3) is 14.1. The molecule has 116 valence electrons. The second kappa shape index (κ2) is 10.7. The fourth-order valence-electron chi connectivity index (χ4n) is 2.57. The van der Waals surface area contributed by atoms with Crippen LogP contribution in [0.3, 0.4) is 0 Å². The highest BCUT2D eigenvalue weighted by molar-refractivity contribution is 4.71. The summed E-state index contributed by atoms with van der Waals surface area (Å²) in [5.74, 6) is 1.49. The Balaban J connectivity index is 3.41. The minimum Gasteiger partial charge on any atom is -0.330 e. The zero-order chi connectivity index (χ0) is 14.7. The van der Waals surface area contributed by atoms with Crippen LogP contribution in [0.1, 0.15) is 73.1 Å². The molecule has 2 heteroatoms. The van der Waals surface area contributed by atoms with Crippen LogP contribution < -0.4 is 11.1 Å². The molecule has 0 saturated carbocycles. The first-order valence-electron chi connectivity index (χ1n) is 8.26. The topological polar surface area (TPSA) is 38.0 Å². The molecule has 0 aliphatic heterocycles. The Morgan fingerprint density at radius 2 is 1.63 bits per heavy atom. The average molecular weight is 271 g/mol. The normalized spacial score (nSPS) is 14.1. The smallest absolute Gasteiger partial charge is 0.000826 e. The largest absolute Gasteiger partial charge is 0.330 e. The summed E-state index contributed by atoms with van der Waals surface area (Å²) in [4.78, 5) is 0. The van der Waals surface area contributed by atoms with E-state index in [4.69, 9.17) is 5.73 Å². The lowest BCUT2D eigenvalue weighted by atomic mass is 9.84. The molecule has 0 radical (unpaired) electrons. The van der Waals surface area contributed by atoms with Gasteiger partial charge in [-0.1, -0.05) is 60.3 Å². The fraction of sp³-hybridized carbons (Fsp3) is 1.00. The molecule has 0 amide bonds. The predicted molar refractivity (Wildman–Crippen MR) is 87.4 cm³/mol. The van der Waals surface area contributed by atoms with Crippen molar-refractivity contribution in [1.29, 1.82) is 0 Å². The van der Waals surface area contributed by atoms with Gasteiger partial charge in [-0.25, -0.2) is 0 Å². The van der Waals surface area contributed by atoms with Crippen LogP contribution in [0, 0.1) is 17.3 Å². The summed E-state index contributed by atoms with van der Waals surface area (Å²) in [6.45, 7) is 14.5. The van der Waals surface area contributed by atoms with Crippen molar-refractivity contribution in [2.75, 3.05) is 19.6 Å². The van der Waals surface area contributed by atoms with Gasteiger partial charge >= 0.3 is 0 Å². The van der Waals surface area contributed by atoms with Crippen molar-refractivity contribution in [3.8, 4) is 0 Å². The molecule has 0 spiro atoms. The first-order valence-corrected chi connectivity index (χ1v) is 8.26. The van der Waals surface area contributed by atoms with Crippen LogP contribution >= 0.6 is 0 Å². The Kier molecular flexibility index (Phi) is 10.6. The number of hydrogen-bond donors (Lipinski definition) is 2. The van der Waals surface area contributed by atoms with Crippen molar-refractivity contribution >= 4 is 0 Å². The molecular formula is C17H38N2. The minimum atomic E-state index is 0.391. The molecule has 0 saturated heterocycles. The van der Waals surface area contributed by atoms with Gasteiger partial charge in [-0.3, -0.25) is 0 Å². The molecule has 0 aromatic rings.